The summed E-state index contributed by atoms with van der Waals surface area (Å²) in [5.74, 6) is -0.968. The first kappa shape index (κ1) is 16.6. The Morgan fingerprint density at radius 2 is 2.30 bits per heavy atom. The molecule has 110 valence electrons. The normalized spacial score (nSPS) is 12.5. The lowest BCUT2D eigenvalue weighted by Crippen LogP contribution is -2.26. The molecule has 1 unspecified atom stereocenters. The first-order chi connectivity index (χ1) is 9.52. The number of thiazole rings is 1. The van der Waals surface area contributed by atoms with Crippen molar-refractivity contribution in [2.45, 2.75) is 25.5 Å². The van der Waals surface area contributed by atoms with E-state index >= 15 is 0 Å². The summed E-state index contributed by atoms with van der Waals surface area (Å²) >= 11 is 6.63. The third-order valence-corrected chi connectivity index (χ3v) is 3.30. The number of nitrogens with one attached hydrogen (secondary N) is 1. The molecule has 6 nitrogen and oxygen atoms in total. The zero-order valence-electron chi connectivity index (χ0n) is 10.6. The van der Waals surface area contributed by atoms with Crippen LogP contribution in [0.15, 0.2) is 17.5 Å². The van der Waals surface area contributed by atoms with E-state index in [1.54, 1.807) is 6.08 Å². The van der Waals surface area contributed by atoms with Crippen LogP contribution in [0.4, 0.5) is 0 Å². The molecule has 0 radical (unpaired) electrons. The number of hydrogen-bond donors (Lipinski definition) is 3. The van der Waals surface area contributed by atoms with Crippen molar-refractivity contribution in [2.24, 2.45) is 0 Å². The number of allylic oxidation sites excluding steroid dienone is 1. The second kappa shape index (κ2) is 8.68. The molecular weight excluding hydrogens is 304 g/mol. The lowest BCUT2D eigenvalue weighted by molar-refractivity contribution is -0.122. The predicted molar refractivity (Wildman–Crippen MR) is 76.0 cm³/mol. The Kier molecular flexibility index (Phi) is 7.21. The molecule has 1 aromatic rings. The highest BCUT2D eigenvalue weighted by Gasteiger charge is 2.11. The minimum atomic E-state index is -1.10. The maximum Gasteiger partial charge on any atom is 0.355 e. The van der Waals surface area contributed by atoms with E-state index in [1.165, 1.54) is 11.5 Å². The van der Waals surface area contributed by atoms with Crippen LogP contribution in [0.3, 0.4) is 0 Å². The van der Waals surface area contributed by atoms with Gasteiger partial charge in [0, 0.05) is 11.3 Å². The molecule has 0 aliphatic heterocycles. The van der Waals surface area contributed by atoms with Crippen molar-refractivity contribution in [1.29, 1.82) is 0 Å². The van der Waals surface area contributed by atoms with Crippen LogP contribution in [0.1, 0.15) is 28.3 Å². The van der Waals surface area contributed by atoms with Gasteiger partial charge in [0.1, 0.15) is 5.01 Å². The molecule has 0 saturated heterocycles. The van der Waals surface area contributed by atoms with Crippen molar-refractivity contribution in [3.05, 3.63) is 28.2 Å². The number of halogens is 1. The molecule has 0 aromatic carbocycles. The number of aliphatic hydroxyl groups is 1. The van der Waals surface area contributed by atoms with Gasteiger partial charge in [0.15, 0.2) is 5.69 Å². The third-order valence-electron chi connectivity index (χ3n) is 2.24. The Hall–Kier alpha value is -1.44. The highest BCUT2D eigenvalue weighted by molar-refractivity contribution is 7.09. The van der Waals surface area contributed by atoms with Gasteiger partial charge in [-0.1, -0.05) is 12.2 Å². The molecule has 0 bridgehead atoms. The van der Waals surface area contributed by atoms with Crippen LogP contribution in [0.25, 0.3) is 0 Å². The van der Waals surface area contributed by atoms with E-state index in [1.807, 2.05) is 0 Å². The second-order valence-corrected chi connectivity index (χ2v) is 5.21. The average Bonchev–Trinajstić information content (AvgIpc) is 2.85. The van der Waals surface area contributed by atoms with Gasteiger partial charge in [-0.25, -0.2) is 9.78 Å². The fraction of sp³-hybridized carbons (Fsp3) is 0.417. The molecule has 0 saturated carbocycles. The average molecular weight is 319 g/mol. The van der Waals surface area contributed by atoms with Gasteiger partial charge in [-0.05, 0) is 6.42 Å². The Bertz CT molecular complexity index is 490. The second-order valence-electron chi connectivity index (χ2n) is 3.89. The number of aliphatic hydroxyl groups excluding tert-OH is 1. The smallest absolute Gasteiger partial charge is 0.355 e. The maximum atomic E-state index is 11.5. The zero-order valence-corrected chi connectivity index (χ0v) is 12.2. The largest absolute Gasteiger partial charge is 0.476 e. The first-order valence-electron chi connectivity index (χ1n) is 5.88. The number of aromatic nitrogens is 1. The Balaban J connectivity index is 2.33. The minimum absolute atomic E-state index is 0.0386. The summed E-state index contributed by atoms with van der Waals surface area (Å²) in [6.45, 7) is 0.148. The van der Waals surface area contributed by atoms with Crippen LogP contribution in [-0.2, 0) is 11.3 Å². The van der Waals surface area contributed by atoms with Crippen LogP contribution >= 0.6 is 22.9 Å². The summed E-state index contributed by atoms with van der Waals surface area (Å²) in [6.07, 6.45) is 2.95. The molecule has 0 spiro atoms. The van der Waals surface area contributed by atoms with Crippen molar-refractivity contribution in [3.8, 4) is 0 Å². The molecule has 0 aliphatic carbocycles. The predicted octanol–water partition coefficient (Wildman–Crippen LogP) is 1.39. The molecule has 1 rings (SSSR count). The van der Waals surface area contributed by atoms with E-state index in [2.05, 4.69) is 10.3 Å². The summed E-state index contributed by atoms with van der Waals surface area (Å²) in [5, 5.41) is 22.7. The number of rotatable bonds is 8. The summed E-state index contributed by atoms with van der Waals surface area (Å²) in [6, 6.07) is 0. The van der Waals surface area contributed by atoms with Gasteiger partial charge in [0.2, 0.25) is 5.91 Å². The number of carbonyl (C=O) groups excluding carboxylic acids is 1. The number of alkyl halides is 1. The molecule has 0 fully saturated rings. The van der Waals surface area contributed by atoms with Gasteiger partial charge in [0.25, 0.3) is 0 Å². The summed E-state index contributed by atoms with van der Waals surface area (Å²) in [4.78, 5) is 26.0. The van der Waals surface area contributed by atoms with Crippen molar-refractivity contribution < 1.29 is 19.8 Å². The fourth-order valence-electron chi connectivity index (χ4n) is 1.31. The molecule has 3 N–H and O–H groups in total. The van der Waals surface area contributed by atoms with Crippen LogP contribution in [0.2, 0.25) is 0 Å². The Morgan fingerprint density at radius 3 is 2.90 bits per heavy atom. The van der Waals surface area contributed by atoms with Crippen LogP contribution < -0.4 is 5.32 Å². The Morgan fingerprint density at radius 1 is 1.55 bits per heavy atom. The maximum absolute atomic E-state index is 11.5. The zero-order chi connectivity index (χ0) is 15.0. The highest BCUT2D eigenvalue weighted by Crippen LogP contribution is 2.09. The monoisotopic (exact) mass is 318 g/mol. The number of carbonyl (C=O) groups is 2. The number of nitrogens with zero attached hydrogens (tertiary/aromatic N) is 1. The number of carboxylic acid groups (broad SMARTS) is 1. The van der Waals surface area contributed by atoms with Crippen LogP contribution in [0, 0.1) is 0 Å². The van der Waals surface area contributed by atoms with E-state index < -0.39 is 12.1 Å². The molecule has 1 atom stereocenters. The van der Waals surface area contributed by atoms with Gasteiger partial charge in [-0.15, -0.1) is 22.9 Å². The molecular formula is C12H15ClN2O4S. The van der Waals surface area contributed by atoms with Crippen LogP contribution in [-0.4, -0.2) is 39.1 Å². The van der Waals surface area contributed by atoms with Crippen molar-refractivity contribution in [1.82, 2.24) is 10.3 Å². The number of carboxylic acids is 1. The van der Waals surface area contributed by atoms with E-state index in [0.29, 0.717) is 17.3 Å². The molecule has 0 aliphatic rings. The third kappa shape index (κ3) is 6.14. The molecule has 8 heteroatoms. The molecule has 1 aromatic heterocycles. The summed E-state index contributed by atoms with van der Waals surface area (Å²) in [7, 11) is 0. The van der Waals surface area contributed by atoms with E-state index in [4.69, 9.17) is 16.7 Å². The molecule has 1 heterocycles. The van der Waals surface area contributed by atoms with Gasteiger partial charge >= 0.3 is 5.97 Å². The van der Waals surface area contributed by atoms with Gasteiger partial charge in [0.05, 0.1) is 19.1 Å². The topological polar surface area (TPSA) is 99.5 Å². The van der Waals surface area contributed by atoms with Crippen molar-refractivity contribution in [3.63, 3.8) is 0 Å². The lowest BCUT2D eigenvalue weighted by Gasteiger charge is -2.06. The summed E-state index contributed by atoms with van der Waals surface area (Å²) in [5.41, 5.74) is -0.0386. The van der Waals surface area contributed by atoms with Gasteiger partial charge in [-0.2, -0.15) is 0 Å². The molecule has 1 amide bonds. The van der Waals surface area contributed by atoms with E-state index in [-0.39, 0.29) is 24.6 Å². The lowest BCUT2D eigenvalue weighted by atomic mass is 10.2. The number of hydrogen-bond acceptors (Lipinski definition) is 5. The Labute approximate surface area is 125 Å². The number of amides is 1. The minimum Gasteiger partial charge on any atom is -0.476 e. The van der Waals surface area contributed by atoms with Crippen molar-refractivity contribution >= 4 is 34.8 Å². The quantitative estimate of drug-likeness (QED) is 0.497. The van der Waals surface area contributed by atoms with Crippen LogP contribution in [0.5, 0.6) is 0 Å². The SMILES string of the molecule is O=C(CC(O)/C=C/CCCl)NCc1nc(C(=O)O)cs1. The molecule has 20 heavy (non-hydrogen) atoms. The fourth-order valence-corrected chi connectivity index (χ4v) is 2.14. The first-order valence-corrected chi connectivity index (χ1v) is 7.29. The number of aromatic carboxylic acids is 1. The summed E-state index contributed by atoms with van der Waals surface area (Å²) < 4.78 is 0. The highest BCUT2D eigenvalue weighted by atomic mass is 35.5. The van der Waals surface area contributed by atoms with Crippen molar-refractivity contribution in [2.75, 3.05) is 5.88 Å². The van der Waals surface area contributed by atoms with E-state index in [0.717, 1.165) is 11.3 Å². The van der Waals surface area contributed by atoms with Gasteiger partial charge in [-0.3, -0.25) is 4.79 Å². The van der Waals surface area contributed by atoms with E-state index in [9.17, 15) is 14.7 Å². The standard InChI is InChI=1S/C12H15ClN2O4S/c13-4-2-1-3-8(16)5-10(17)14-6-11-15-9(7-20-11)12(18)19/h1,3,7-8,16H,2,4-6H2,(H,14,17)(H,18,19)/b3-1+. The van der Waals surface area contributed by atoms with Gasteiger partial charge < -0.3 is 15.5 Å².